The number of nitrogens with two attached hydrogens (primary N) is 1. The van der Waals surface area contributed by atoms with Crippen molar-refractivity contribution in [2.24, 2.45) is 10.7 Å². The number of alkyl halides is 1. The summed E-state index contributed by atoms with van der Waals surface area (Å²) in [6, 6.07) is 7.92. The van der Waals surface area contributed by atoms with E-state index in [0.717, 1.165) is 16.3 Å². The predicted molar refractivity (Wildman–Crippen MR) is 64.8 cm³/mol. The van der Waals surface area contributed by atoms with Gasteiger partial charge in [0.15, 0.2) is 0 Å². The molecule has 14 heavy (non-hydrogen) atoms. The first-order valence-electron chi connectivity index (χ1n) is 4.38. The van der Waals surface area contributed by atoms with Crippen LogP contribution in [-0.2, 0) is 0 Å². The molecule has 0 aromatic heterocycles. The van der Waals surface area contributed by atoms with Gasteiger partial charge in [0.2, 0.25) is 0 Å². The number of para-hydroxylation sites is 1. The van der Waals surface area contributed by atoms with Crippen molar-refractivity contribution in [3.05, 3.63) is 24.3 Å². The fraction of sp³-hybridized carbons (Fsp3) is 0.300. The van der Waals surface area contributed by atoms with Gasteiger partial charge in [-0.15, -0.1) is 23.4 Å². The second-order valence-electron chi connectivity index (χ2n) is 2.64. The molecule has 4 heteroatoms. The molecule has 2 nitrogen and oxygen atoms in total. The lowest BCUT2D eigenvalue weighted by Gasteiger charge is -2.03. The number of nitrogens with zero attached hydrogens (tertiary/aromatic N) is 1. The Morgan fingerprint density at radius 1 is 1.50 bits per heavy atom. The normalized spacial score (nSPS) is 11.7. The summed E-state index contributed by atoms with van der Waals surface area (Å²) in [5, 5.41) is 0. The number of thioether (sulfide) groups is 1. The summed E-state index contributed by atoms with van der Waals surface area (Å²) in [6.07, 6.45) is 0. The predicted octanol–water partition coefficient (Wildman–Crippen LogP) is 3.03. The van der Waals surface area contributed by atoms with Gasteiger partial charge in [0.05, 0.1) is 11.6 Å². The maximum Gasteiger partial charge on any atom is 0.115 e. The van der Waals surface area contributed by atoms with Gasteiger partial charge in [0.1, 0.15) is 5.84 Å². The van der Waals surface area contributed by atoms with Gasteiger partial charge >= 0.3 is 0 Å². The molecular formula is C10H13ClN2S. The van der Waals surface area contributed by atoms with E-state index in [-0.39, 0.29) is 5.88 Å². The standard InChI is InChI=1S/C10H13ClN2S/c1-2-14-9-6-4-3-5-8(9)13-10(12)7-11/h3-6H,2,7H2,1H3,(H2,12,13). The molecule has 0 bridgehead atoms. The van der Waals surface area contributed by atoms with E-state index in [1.165, 1.54) is 0 Å². The Kier molecular flexibility index (Phi) is 4.84. The first-order valence-corrected chi connectivity index (χ1v) is 5.90. The minimum atomic E-state index is 0.269. The molecule has 1 aromatic rings. The van der Waals surface area contributed by atoms with Gasteiger partial charge in [-0.3, -0.25) is 0 Å². The van der Waals surface area contributed by atoms with E-state index in [1.54, 1.807) is 11.8 Å². The van der Waals surface area contributed by atoms with Crippen LogP contribution in [0.2, 0.25) is 0 Å². The summed E-state index contributed by atoms with van der Waals surface area (Å²) in [6.45, 7) is 2.11. The Morgan fingerprint density at radius 2 is 2.21 bits per heavy atom. The quantitative estimate of drug-likeness (QED) is 0.372. The molecule has 0 fully saturated rings. The van der Waals surface area contributed by atoms with E-state index in [2.05, 4.69) is 11.9 Å². The van der Waals surface area contributed by atoms with Gasteiger partial charge in [-0.1, -0.05) is 19.1 Å². The van der Waals surface area contributed by atoms with Crippen LogP contribution in [0.3, 0.4) is 0 Å². The second kappa shape index (κ2) is 5.94. The summed E-state index contributed by atoms with van der Waals surface area (Å²) < 4.78 is 0. The van der Waals surface area contributed by atoms with Crippen molar-refractivity contribution in [3.8, 4) is 0 Å². The minimum Gasteiger partial charge on any atom is -0.386 e. The van der Waals surface area contributed by atoms with E-state index in [4.69, 9.17) is 17.3 Å². The van der Waals surface area contributed by atoms with E-state index >= 15 is 0 Å². The molecule has 2 N–H and O–H groups in total. The molecule has 0 aliphatic carbocycles. The van der Waals surface area contributed by atoms with Crippen LogP contribution in [-0.4, -0.2) is 17.5 Å². The van der Waals surface area contributed by atoms with Crippen LogP contribution in [0, 0.1) is 0 Å². The molecule has 0 saturated heterocycles. The van der Waals surface area contributed by atoms with E-state index in [0.29, 0.717) is 5.84 Å². The molecule has 0 amide bonds. The lowest BCUT2D eigenvalue weighted by atomic mass is 10.3. The fourth-order valence-corrected chi connectivity index (χ4v) is 1.82. The molecule has 0 radical (unpaired) electrons. The highest BCUT2D eigenvalue weighted by Crippen LogP contribution is 2.28. The fourth-order valence-electron chi connectivity index (χ4n) is 1.01. The van der Waals surface area contributed by atoms with E-state index < -0.39 is 0 Å². The van der Waals surface area contributed by atoms with Crippen molar-refractivity contribution in [3.63, 3.8) is 0 Å². The van der Waals surface area contributed by atoms with Crippen LogP contribution in [0.4, 0.5) is 5.69 Å². The Bertz CT molecular complexity index is 326. The Hall–Kier alpha value is -0.670. The third-order valence-corrected chi connectivity index (χ3v) is 2.78. The summed E-state index contributed by atoms with van der Waals surface area (Å²) in [7, 11) is 0. The molecular weight excluding hydrogens is 216 g/mol. The van der Waals surface area contributed by atoms with Gasteiger partial charge in [-0.25, -0.2) is 4.99 Å². The molecule has 1 aromatic carbocycles. The molecule has 0 heterocycles. The largest absolute Gasteiger partial charge is 0.386 e. The highest BCUT2D eigenvalue weighted by atomic mass is 35.5. The average molecular weight is 229 g/mol. The van der Waals surface area contributed by atoms with Gasteiger partial charge in [-0.2, -0.15) is 0 Å². The Balaban J connectivity index is 2.95. The second-order valence-corrected chi connectivity index (χ2v) is 4.21. The first-order chi connectivity index (χ1) is 6.77. The summed E-state index contributed by atoms with van der Waals surface area (Å²) in [5.41, 5.74) is 6.48. The molecule has 0 saturated carbocycles. The monoisotopic (exact) mass is 228 g/mol. The number of aliphatic imine (C=N–C) groups is 1. The highest BCUT2D eigenvalue weighted by molar-refractivity contribution is 7.99. The summed E-state index contributed by atoms with van der Waals surface area (Å²) >= 11 is 7.32. The SMILES string of the molecule is CCSc1ccccc1N=C(N)CCl. The Labute approximate surface area is 93.6 Å². The number of rotatable bonds is 4. The number of hydrogen-bond donors (Lipinski definition) is 1. The highest BCUT2D eigenvalue weighted by Gasteiger charge is 2.00. The number of halogens is 1. The maximum absolute atomic E-state index is 5.58. The van der Waals surface area contributed by atoms with Crippen molar-refractivity contribution in [1.82, 2.24) is 0 Å². The summed E-state index contributed by atoms with van der Waals surface area (Å²) in [4.78, 5) is 5.38. The average Bonchev–Trinajstić information content (AvgIpc) is 2.21. The van der Waals surface area contributed by atoms with Crippen molar-refractivity contribution >= 4 is 34.9 Å². The number of hydrogen-bond acceptors (Lipinski definition) is 2. The zero-order chi connectivity index (χ0) is 10.4. The van der Waals surface area contributed by atoms with Crippen molar-refractivity contribution in [2.45, 2.75) is 11.8 Å². The molecule has 76 valence electrons. The van der Waals surface area contributed by atoms with Gasteiger partial charge < -0.3 is 5.73 Å². The van der Waals surface area contributed by atoms with Crippen LogP contribution in [0.5, 0.6) is 0 Å². The Morgan fingerprint density at radius 3 is 2.86 bits per heavy atom. The topological polar surface area (TPSA) is 38.4 Å². The van der Waals surface area contributed by atoms with Crippen molar-refractivity contribution in [1.29, 1.82) is 0 Å². The molecule has 0 unspecified atom stereocenters. The first kappa shape index (κ1) is 11.4. The maximum atomic E-state index is 5.58. The molecule has 0 aliphatic heterocycles. The van der Waals surface area contributed by atoms with Crippen molar-refractivity contribution < 1.29 is 0 Å². The van der Waals surface area contributed by atoms with Crippen LogP contribution >= 0.6 is 23.4 Å². The third-order valence-electron chi connectivity index (χ3n) is 1.57. The van der Waals surface area contributed by atoms with E-state index in [9.17, 15) is 0 Å². The van der Waals surface area contributed by atoms with Gasteiger partial charge in [-0.05, 0) is 17.9 Å². The van der Waals surface area contributed by atoms with Crippen molar-refractivity contribution in [2.75, 3.05) is 11.6 Å². The van der Waals surface area contributed by atoms with Crippen LogP contribution < -0.4 is 5.73 Å². The van der Waals surface area contributed by atoms with Gasteiger partial charge in [0.25, 0.3) is 0 Å². The van der Waals surface area contributed by atoms with Crippen LogP contribution in [0.15, 0.2) is 34.2 Å². The lowest BCUT2D eigenvalue weighted by molar-refractivity contribution is 1.34. The minimum absolute atomic E-state index is 0.269. The smallest absolute Gasteiger partial charge is 0.115 e. The molecule has 1 rings (SSSR count). The number of benzene rings is 1. The molecule has 0 spiro atoms. The zero-order valence-electron chi connectivity index (χ0n) is 8.03. The molecule has 0 aliphatic rings. The van der Waals surface area contributed by atoms with Crippen LogP contribution in [0.25, 0.3) is 0 Å². The summed E-state index contributed by atoms with van der Waals surface area (Å²) in [5.74, 6) is 1.74. The molecule has 0 atom stereocenters. The third kappa shape index (κ3) is 3.24. The van der Waals surface area contributed by atoms with Gasteiger partial charge in [0, 0.05) is 4.90 Å². The van der Waals surface area contributed by atoms with E-state index in [1.807, 2.05) is 24.3 Å². The van der Waals surface area contributed by atoms with Crippen LogP contribution in [0.1, 0.15) is 6.92 Å². The lowest BCUT2D eigenvalue weighted by Crippen LogP contribution is -2.12. The number of amidine groups is 1. The zero-order valence-corrected chi connectivity index (χ0v) is 9.61.